The van der Waals surface area contributed by atoms with E-state index in [4.69, 9.17) is 5.11 Å². The summed E-state index contributed by atoms with van der Waals surface area (Å²) >= 11 is 1.52. The summed E-state index contributed by atoms with van der Waals surface area (Å²) in [5.41, 5.74) is 0.963. The van der Waals surface area contributed by atoms with E-state index >= 15 is 0 Å². The van der Waals surface area contributed by atoms with E-state index in [0.717, 1.165) is 5.56 Å². The van der Waals surface area contributed by atoms with Crippen molar-refractivity contribution in [3.8, 4) is 5.75 Å². The Kier molecular flexibility index (Phi) is 4.14. The lowest BCUT2D eigenvalue weighted by atomic mass is 10.4. The molecule has 1 heterocycles. The summed E-state index contributed by atoms with van der Waals surface area (Å²) in [6, 6.07) is 0. The van der Waals surface area contributed by atoms with Gasteiger partial charge in [0.15, 0.2) is 0 Å². The van der Waals surface area contributed by atoms with E-state index in [1.54, 1.807) is 5.38 Å². The number of aromatic hydroxyl groups is 1. The summed E-state index contributed by atoms with van der Waals surface area (Å²) in [4.78, 5) is 0. The first-order valence-corrected chi connectivity index (χ1v) is 3.97. The Morgan fingerprint density at radius 3 is 2.00 bits per heavy atom. The van der Waals surface area contributed by atoms with Crippen molar-refractivity contribution in [3.63, 3.8) is 0 Å². The third-order valence-corrected chi connectivity index (χ3v) is 1.68. The molecule has 1 nitrogen and oxygen atoms in total. The largest absolute Gasteiger partial charge is 0.507 e. The van der Waals surface area contributed by atoms with Crippen LogP contribution in [0.15, 0.2) is 10.8 Å². The average Bonchev–Trinajstić information content (AvgIpc) is 2.23. The number of hydrogen-bond acceptors (Lipinski definition) is 2. The second-order valence-electron chi connectivity index (χ2n) is 1.44. The van der Waals surface area contributed by atoms with Crippen molar-refractivity contribution in [2.75, 3.05) is 0 Å². The van der Waals surface area contributed by atoms with Crippen LogP contribution in [0.1, 0.15) is 19.4 Å². The van der Waals surface area contributed by atoms with Gasteiger partial charge in [0.2, 0.25) is 0 Å². The van der Waals surface area contributed by atoms with Gasteiger partial charge in [-0.05, 0) is 12.3 Å². The van der Waals surface area contributed by atoms with Crippen LogP contribution in [0.25, 0.3) is 0 Å². The minimum Gasteiger partial charge on any atom is -0.507 e. The van der Waals surface area contributed by atoms with Crippen LogP contribution in [-0.4, -0.2) is 5.11 Å². The number of aryl methyl sites for hydroxylation is 1. The van der Waals surface area contributed by atoms with Crippen molar-refractivity contribution in [3.05, 3.63) is 16.3 Å². The highest BCUT2D eigenvalue weighted by atomic mass is 32.1. The van der Waals surface area contributed by atoms with Gasteiger partial charge in [-0.15, -0.1) is 11.3 Å². The molecule has 0 aliphatic rings. The van der Waals surface area contributed by atoms with Gasteiger partial charge in [-0.2, -0.15) is 0 Å². The Morgan fingerprint density at radius 1 is 1.33 bits per heavy atom. The lowest BCUT2D eigenvalue weighted by Gasteiger charge is -1.79. The Bertz CT molecular complexity index is 141. The predicted molar refractivity (Wildman–Crippen MR) is 42.1 cm³/mol. The zero-order valence-corrected chi connectivity index (χ0v) is 6.83. The molecule has 0 saturated carbocycles. The molecule has 1 aromatic rings. The van der Waals surface area contributed by atoms with E-state index in [1.807, 2.05) is 26.2 Å². The Morgan fingerprint density at radius 2 is 1.89 bits per heavy atom. The van der Waals surface area contributed by atoms with Crippen molar-refractivity contribution in [1.29, 1.82) is 0 Å². The molecule has 0 unspecified atom stereocenters. The first-order valence-electron chi connectivity index (χ1n) is 3.02. The van der Waals surface area contributed by atoms with Gasteiger partial charge < -0.3 is 5.11 Å². The summed E-state index contributed by atoms with van der Waals surface area (Å²) in [5.74, 6) is 0.407. The topological polar surface area (TPSA) is 20.2 Å². The highest BCUT2D eigenvalue weighted by molar-refractivity contribution is 7.08. The van der Waals surface area contributed by atoms with E-state index < -0.39 is 0 Å². The summed E-state index contributed by atoms with van der Waals surface area (Å²) < 4.78 is 0. The molecule has 9 heavy (non-hydrogen) atoms. The predicted octanol–water partition coefficient (Wildman–Crippen LogP) is 2.79. The minimum absolute atomic E-state index is 0.407. The van der Waals surface area contributed by atoms with Crippen molar-refractivity contribution in [2.24, 2.45) is 0 Å². The molecule has 0 aliphatic heterocycles. The van der Waals surface area contributed by atoms with Crippen molar-refractivity contribution in [2.45, 2.75) is 20.8 Å². The van der Waals surface area contributed by atoms with Gasteiger partial charge in [0.05, 0.1) is 0 Å². The highest BCUT2D eigenvalue weighted by Gasteiger charge is 1.90. The van der Waals surface area contributed by atoms with Crippen LogP contribution in [0, 0.1) is 6.92 Å². The standard InChI is InChI=1S/C5H6OS.C2H6/c1-4-2-7-3-5(4)6;1-2/h2-3,6H,1H3;1-2H3. The molecule has 2 heteroatoms. The molecule has 1 rings (SSSR count). The molecule has 0 aromatic carbocycles. The normalized spacial score (nSPS) is 7.89. The maximum absolute atomic E-state index is 8.77. The summed E-state index contributed by atoms with van der Waals surface area (Å²) in [5, 5.41) is 12.4. The fourth-order valence-corrected chi connectivity index (χ4v) is 1.06. The van der Waals surface area contributed by atoms with Crippen LogP contribution >= 0.6 is 11.3 Å². The molecule has 0 radical (unpaired) electrons. The summed E-state index contributed by atoms with van der Waals surface area (Å²) in [6.07, 6.45) is 0. The maximum Gasteiger partial charge on any atom is 0.129 e. The first-order chi connectivity index (χ1) is 4.30. The molecular weight excluding hydrogens is 132 g/mol. The number of thiophene rings is 1. The second kappa shape index (κ2) is 4.39. The molecule has 0 atom stereocenters. The molecule has 0 amide bonds. The summed E-state index contributed by atoms with van der Waals surface area (Å²) in [6.45, 7) is 5.88. The molecule has 52 valence electrons. The average molecular weight is 144 g/mol. The minimum atomic E-state index is 0.407. The quantitative estimate of drug-likeness (QED) is 0.593. The van der Waals surface area contributed by atoms with Gasteiger partial charge in [-0.1, -0.05) is 13.8 Å². The Hall–Kier alpha value is -0.500. The van der Waals surface area contributed by atoms with E-state index in [-0.39, 0.29) is 0 Å². The SMILES string of the molecule is CC.Cc1cscc1O. The third-order valence-electron chi connectivity index (χ3n) is 0.829. The van der Waals surface area contributed by atoms with Gasteiger partial charge in [0.25, 0.3) is 0 Å². The molecular formula is C7H12OS. The van der Waals surface area contributed by atoms with E-state index in [2.05, 4.69) is 0 Å². The van der Waals surface area contributed by atoms with Crippen molar-refractivity contribution < 1.29 is 5.11 Å². The maximum atomic E-state index is 8.77. The third kappa shape index (κ3) is 2.51. The molecule has 0 aliphatic carbocycles. The fraction of sp³-hybridized carbons (Fsp3) is 0.429. The Labute approximate surface area is 60.0 Å². The van der Waals surface area contributed by atoms with Crippen LogP contribution in [0.5, 0.6) is 5.75 Å². The van der Waals surface area contributed by atoms with Crippen LogP contribution in [0.2, 0.25) is 0 Å². The van der Waals surface area contributed by atoms with Gasteiger partial charge in [0.1, 0.15) is 5.75 Å². The monoisotopic (exact) mass is 144 g/mol. The van der Waals surface area contributed by atoms with Crippen LogP contribution < -0.4 is 0 Å². The van der Waals surface area contributed by atoms with Crippen LogP contribution in [0.3, 0.4) is 0 Å². The molecule has 1 aromatic heterocycles. The lowest BCUT2D eigenvalue weighted by molar-refractivity contribution is 0.474. The number of rotatable bonds is 0. The van der Waals surface area contributed by atoms with E-state index in [9.17, 15) is 0 Å². The summed E-state index contributed by atoms with van der Waals surface area (Å²) in [7, 11) is 0. The van der Waals surface area contributed by atoms with E-state index in [0.29, 0.717) is 5.75 Å². The van der Waals surface area contributed by atoms with Gasteiger partial charge in [-0.3, -0.25) is 0 Å². The van der Waals surface area contributed by atoms with Gasteiger partial charge >= 0.3 is 0 Å². The van der Waals surface area contributed by atoms with Gasteiger partial charge in [-0.25, -0.2) is 0 Å². The zero-order chi connectivity index (χ0) is 7.28. The van der Waals surface area contributed by atoms with Gasteiger partial charge in [0, 0.05) is 10.9 Å². The second-order valence-corrected chi connectivity index (χ2v) is 2.18. The lowest BCUT2D eigenvalue weighted by Crippen LogP contribution is -1.57. The van der Waals surface area contributed by atoms with Crippen molar-refractivity contribution >= 4 is 11.3 Å². The highest BCUT2D eigenvalue weighted by Crippen LogP contribution is 2.19. The van der Waals surface area contributed by atoms with Crippen LogP contribution in [0.4, 0.5) is 0 Å². The van der Waals surface area contributed by atoms with Crippen LogP contribution in [-0.2, 0) is 0 Å². The molecule has 0 fully saturated rings. The molecule has 1 N–H and O–H groups in total. The first kappa shape index (κ1) is 8.50. The zero-order valence-electron chi connectivity index (χ0n) is 6.01. The smallest absolute Gasteiger partial charge is 0.129 e. The van der Waals surface area contributed by atoms with Crippen molar-refractivity contribution in [1.82, 2.24) is 0 Å². The fourth-order valence-electron chi connectivity index (χ4n) is 0.354. The Balaban J connectivity index is 0.000000291. The van der Waals surface area contributed by atoms with E-state index in [1.165, 1.54) is 11.3 Å². The molecule has 0 spiro atoms. The molecule has 0 saturated heterocycles. The molecule has 0 bridgehead atoms. The number of hydrogen-bond donors (Lipinski definition) is 1.